The molecule has 0 amide bonds. The Hall–Kier alpha value is -3.11. The van der Waals surface area contributed by atoms with Gasteiger partial charge in [0.2, 0.25) is 0 Å². The van der Waals surface area contributed by atoms with Gasteiger partial charge in [-0.3, -0.25) is 24.8 Å². The van der Waals surface area contributed by atoms with E-state index < -0.39 is 41.8 Å². The van der Waals surface area contributed by atoms with Gasteiger partial charge in [-0.1, -0.05) is 30.3 Å². The summed E-state index contributed by atoms with van der Waals surface area (Å²) in [5.41, 5.74) is -2.55. The highest BCUT2D eigenvalue weighted by molar-refractivity contribution is 7.85. The van der Waals surface area contributed by atoms with Crippen LogP contribution >= 0.6 is 0 Å². The first-order chi connectivity index (χ1) is 11.2. The van der Waals surface area contributed by atoms with Crippen molar-refractivity contribution >= 4 is 21.5 Å². The molecule has 0 heterocycles. The van der Waals surface area contributed by atoms with Crippen molar-refractivity contribution in [1.82, 2.24) is 0 Å². The second kappa shape index (κ2) is 6.56. The Bertz CT molecular complexity index is 937. The van der Waals surface area contributed by atoms with E-state index in [-0.39, 0.29) is 5.56 Å². The number of hydrogen-bond acceptors (Lipinski definition) is 6. The van der Waals surface area contributed by atoms with Gasteiger partial charge in [-0.2, -0.15) is 8.42 Å². The van der Waals surface area contributed by atoms with Crippen LogP contribution in [0, 0.1) is 20.2 Å². The molecule has 124 valence electrons. The van der Waals surface area contributed by atoms with Crippen molar-refractivity contribution in [2.75, 3.05) is 0 Å². The summed E-state index contributed by atoms with van der Waals surface area (Å²) in [6.45, 7) is 0. The monoisotopic (exact) mass is 350 g/mol. The van der Waals surface area contributed by atoms with Crippen molar-refractivity contribution in [2.45, 2.75) is 4.90 Å². The summed E-state index contributed by atoms with van der Waals surface area (Å²) in [4.78, 5) is 20.1. The number of benzene rings is 2. The number of hydrogen-bond donors (Lipinski definition) is 1. The van der Waals surface area contributed by atoms with E-state index in [1.54, 1.807) is 6.07 Å². The Labute approximate surface area is 135 Å². The third-order valence-electron chi connectivity index (χ3n) is 3.06. The van der Waals surface area contributed by atoms with E-state index in [2.05, 4.69) is 0 Å². The van der Waals surface area contributed by atoms with Gasteiger partial charge in [-0.15, -0.1) is 0 Å². The summed E-state index contributed by atoms with van der Waals surface area (Å²) in [6, 6.07) is 11.5. The molecule has 0 saturated carbocycles. The molecule has 10 heteroatoms. The van der Waals surface area contributed by atoms with Crippen LogP contribution < -0.4 is 0 Å². The zero-order valence-corrected chi connectivity index (χ0v) is 12.7. The predicted octanol–water partition coefficient (Wildman–Crippen LogP) is 2.31. The van der Waals surface area contributed by atoms with Gasteiger partial charge in [-0.05, 0) is 24.3 Å². The van der Waals surface area contributed by atoms with E-state index in [1.165, 1.54) is 36.4 Å². The Morgan fingerprint density at radius 1 is 0.833 bits per heavy atom. The Morgan fingerprint density at radius 3 is 1.83 bits per heavy atom. The van der Waals surface area contributed by atoms with Crippen LogP contribution in [-0.2, 0) is 10.1 Å². The van der Waals surface area contributed by atoms with E-state index in [1.807, 2.05) is 0 Å². The normalized spacial score (nSPS) is 12.4. The fraction of sp³-hybridized carbons (Fsp3) is 0. The van der Waals surface area contributed by atoms with Crippen LogP contribution in [0.2, 0.25) is 0 Å². The van der Waals surface area contributed by atoms with Gasteiger partial charge in [0, 0.05) is 0 Å². The van der Waals surface area contributed by atoms with Crippen molar-refractivity contribution in [2.24, 2.45) is 0 Å². The number of rotatable bonds is 5. The quantitative estimate of drug-likeness (QED) is 0.377. The summed E-state index contributed by atoms with van der Waals surface area (Å²) in [5.74, 6) is 0. The lowest BCUT2D eigenvalue weighted by Crippen LogP contribution is -2.12. The molecule has 0 unspecified atom stereocenters. The molecule has 2 rings (SSSR count). The molecule has 0 aliphatic rings. The van der Waals surface area contributed by atoms with Crippen LogP contribution in [0.25, 0.3) is 11.4 Å². The zero-order valence-electron chi connectivity index (χ0n) is 11.9. The molecule has 0 radical (unpaired) electrons. The van der Waals surface area contributed by atoms with E-state index in [0.29, 0.717) is 0 Å². The Balaban J connectivity index is 2.93. The molecular formula is C14H10N2O7S. The van der Waals surface area contributed by atoms with Crippen LogP contribution in [0.1, 0.15) is 11.1 Å². The topological polar surface area (TPSA) is 141 Å². The highest BCUT2D eigenvalue weighted by Crippen LogP contribution is 2.31. The first-order valence-electron chi connectivity index (χ1n) is 6.39. The van der Waals surface area contributed by atoms with E-state index in [9.17, 15) is 33.2 Å². The zero-order chi connectivity index (χ0) is 17.9. The first-order valence-corrected chi connectivity index (χ1v) is 7.83. The van der Waals surface area contributed by atoms with Crippen molar-refractivity contribution in [3.8, 4) is 0 Å². The highest BCUT2D eigenvalue weighted by Gasteiger charge is 2.35. The molecule has 0 aromatic heterocycles. The van der Waals surface area contributed by atoms with E-state index >= 15 is 0 Å². The molecule has 24 heavy (non-hydrogen) atoms. The summed E-state index contributed by atoms with van der Waals surface area (Å²) in [5, 5.41) is 22.9. The van der Waals surface area contributed by atoms with E-state index in [4.69, 9.17) is 0 Å². The van der Waals surface area contributed by atoms with Crippen LogP contribution in [0.15, 0.2) is 59.5 Å². The van der Waals surface area contributed by atoms with Crippen molar-refractivity contribution < 1.29 is 22.8 Å². The standard InChI is InChI=1S/C14H10N2O7S/c17-15(18)13(10-6-2-1-3-7-10)14(16(19)20)11-8-4-5-9-12(11)24(21,22)23/h1-9H,(H,21,22,23). The minimum atomic E-state index is -4.81. The molecule has 0 aliphatic carbocycles. The number of nitro groups is 2. The average Bonchev–Trinajstić information content (AvgIpc) is 2.51. The average molecular weight is 350 g/mol. The van der Waals surface area contributed by atoms with Crippen molar-refractivity contribution in [3.05, 3.63) is 86.0 Å². The molecule has 0 atom stereocenters. The minimum absolute atomic E-state index is 0.0701. The molecule has 1 N–H and O–H groups in total. The molecule has 2 aromatic rings. The Kier molecular flexibility index (Phi) is 4.71. The smallest absolute Gasteiger partial charge is 0.282 e. The second-order valence-corrected chi connectivity index (χ2v) is 5.94. The number of nitrogens with zero attached hydrogens (tertiary/aromatic N) is 2. The van der Waals surface area contributed by atoms with Crippen LogP contribution in [0.3, 0.4) is 0 Å². The molecule has 0 saturated heterocycles. The maximum absolute atomic E-state index is 11.5. The predicted molar refractivity (Wildman–Crippen MR) is 83.5 cm³/mol. The molecule has 2 aromatic carbocycles. The third kappa shape index (κ3) is 3.45. The SMILES string of the molecule is O=[N+]([O-])C(=C(c1ccccc1S(=O)(=O)O)[N+](=O)[O-])c1ccccc1. The van der Waals surface area contributed by atoms with Gasteiger partial charge >= 0.3 is 11.4 Å². The van der Waals surface area contributed by atoms with Gasteiger partial charge in [0.25, 0.3) is 10.1 Å². The first kappa shape index (κ1) is 17.2. The van der Waals surface area contributed by atoms with E-state index in [0.717, 1.165) is 12.1 Å². The van der Waals surface area contributed by atoms with Gasteiger partial charge in [-0.25, -0.2) is 0 Å². The lowest BCUT2D eigenvalue weighted by molar-refractivity contribution is -0.406. The fourth-order valence-electron chi connectivity index (χ4n) is 2.12. The van der Waals surface area contributed by atoms with Crippen LogP contribution in [0.4, 0.5) is 0 Å². The Morgan fingerprint density at radius 2 is 1.33 bits per heavy atom. The van der Waals surface area contributed by atoms with Gasteiger partial charge in [0.05, 0.1) is 21.0 Å². The third-order valence-corrected chi connectivity index (χ3v) is 3.97. The molecular weight excluding hydrogens is 340 g/mol. The lowest BCUT2D eigenvalue weighted by atomic mass is 10.1. The van der Waals surface area contributed by atoms with Crippen LogP contribution in [0.5, 0.6) is 0 Å². The van der Waals surface area contributed by atoms with Gasteiger partial charge in [0.15, 0.2) is 0 Å². The van der Waals surface area contributed by atoms with Crippen molar-refractivity contribution in [1.29, 1.82) is 0 Å². The second-order valence-electron chi connectivity index (χ2n) is 4.55. The summed E-state index contributed by atoms with van der Waals surface area (Å²) < 4.78 is 32.1. The van der Waals surface area contributed by atoms with Crippen LogP contribution in [-0.4, -0.2) is 22.8 Å². The maximum Gasteiger partial charge on any atom is 0.355 e. The minimum Gasteiger partial charge on any atom is -0.282 e. The highest BCUT2D eigenvalue weighted by atomic mass is 32.2. The molecule has 0 fully saturated rings. The lowest BCUT2D eigenvalue weighted by Gasteiger charge is -2.06. The largest absolute Gasteiger partial charge is 0.355 e. The summed E-state index contributed by atoms with van der Waals surface area (Å²) in [6.07, 6.45) is 0. The van der Waals surface area contributed by atoms with Gasteiger partial charge < -0.3 is 0 Å². The molecule has 9 nitrogen and oxygen atoms in total. The molecule has 0 bridgehead atoms. The maximum atomic E-state index is 11.5. The molecule has 0 spiro atoms. The fourth-order valence-corrected chi connectivity index (χ4v) is 2.82. The summed E-state index contributed by atoms with van der Waals surface area (Å²) in [7, 11) is -4.81. The van der Waals surface area contributed by atoms with Gasteiger partial charge in [0.1, 0.15) is 4.90 Å². The summed E-state index contributed by atoms with van der Waals surface area (Å²) >= 11 is 0. The molecule has 0 aliphatic heterocycles. The van der Waals surface area contributed by atoms with Crippen molar-refractivity contribution in [3.63, 3.8) is 0 Å².